The van der Waals surface area contributed by atoms with Crippen molar-refractivity contribution >= 4 is 10.0 Å². The van der Waals surface area contributed by atoms with E-state index in [1.165, 1.54) is 7.11 Å². The van der Waals surface area contributed by atoms with Gasteiger partial charge < -0.3 is 9.84 Å². The molecule has 0 aromatic carbocycles. The molecule has 0 saturated heterocycles. The Bertz CT molecular complexity index is 248. The van der Waals surface area contributed by atoms with Crippen molar-refractivity contribution in [2.24, 2.45) is 0 Å². The number of hydrogen-bond acceptors (Lipinski definition) is 4. The molecule has 0 aromatic rings. The van der Waals surface area contributed by atoms with E-state index >= 15 is 0 Å². The van der Waals surface area contributed by atoms with Gasteiger partial charge in [-0.25, -0.2) is 13.1 Å². The van der Waals surface area contributed by atoms with Crippen LogP contribution in [-0.4, -0.2) is 45.1 Å². The highest BCUT2D eigenvalue weighted by molar-refractivity contribution is 7.89. The SMILES string of the molecule is CCC(C)(O)CNS(=O)(=O)CCOC. The van der Waals surface area contributed by atoms with Crippen molar-refractivity contribution in [1.29, 1.82) is 0 Å². The van der Waals surface area contributed by atoms with Crippen molar-refractivity contribution in [3.63, 3.8) is 0 Å². The lowest BCUT2D eigenvalue weighted by Gasteiger charge is -2.21. The van der Waals surface area contributed by atoms with E-state index in [9.17, 15) is 13.5 Å². The van der Waals surface area contributed by atoms with Crippen LogP contribution < -0.4 is 4.72 Å². The molecule has 0 aliphatic heterocycles. The first-order valence-corrected chi connectivity index (χ1v) is 6.17. The van der Waals surface area contributed by atoms with E-state index in [0.29, 0.717) is 6.42 Å². The molecule has 0 aliphatic carbocycles. The number of sulfonamides is 1. The molecule has 1 atom stereocenters. The van der Waals surface area contributed by atoms with E-state index in [1.54, 1.807) is 13.8 Å². The van der Waals surface area contributed by atoms with Crippen molar-refractivity contribution in [2.45, 2.75) is 25.9 Å². The Morgan fingerprint density at radius 1 is 1.50 bits per heavy atom. The molecule has 5 nitrogen and oxygen atoms in total. The van der Waals surface area contributed by atoms with Gasteiger partial charge in [0.05, 0.1) is 18.0 Å². The molecule has 1 unspecified atom stereocenters. The van der Waals surface area contributed by atoms with Crippen molar-refractivity contribution in [3.8, 4) is 0 Å². The summed E-state index contributed by atoms with van der Waals surface area (Å²) in [5, 5.41) is 9.55. The van der Waals surface area contributed by atoms with E-state index in [-0.39, 0.29) is 18.9 Å². The van der Waals surface area contributed by atoms with E-state index in [2.05, 4.69) is 9.46 Å². The molecule has 0 radical (unpaired) electrons. The Kier molecular flexibility index (Phi) is 5.58. The lowest BCUT2D eigenvalue weighted by molar-refractivity contribution is 0.0613. The van der Waals surface area contributed by atoms with Crippen LogP contribution in [0.5, 0.6) is 0 Å². The van der Waals surface area contributed by atoms with Crippen molar-refractivity contribution in [1.82, 2.24) is 4.72 Å². The minimum absolute atomic E-state index is 0.0372. The highest BCUT2D eigenvalue weighted by atomic mass is 32.2. The minimum atomic E-state index is -3.32. The Hall–Kier alpha value is -0.170. The zero-order valence-corrected chi connectivity index (χ0v) is 9.73. The van der Waals surface area contributed by atoms with Gasteiger partial charge in [-0.05, 0) is 13.3 Å². The maximum atomic E-state index is 11.2. The van der Waals surface area contributed by atoms with Gasteiger partial charge in [-0.15, -0.1) is 0 Å². The lowest BCUT2D eigenvalue weighted by atomic mass is 10.1. The second-order valence-corrected chi connectivity index (χ2v) is 5.41. The average molecular weight is 225 g/mol. The highest BCUT2D eigenvalue weighted by Gasteiger charge is 2.20. The van der Waals surface area contributed by atoms with Crippen LogP contribution in [0.25, 0.3) is 0 Å². The van der Waals surface area contributed by atoms with E-state index < -0.39 is 15.6 Å². The molecular weight excluding hydrogens is 206 g/mol. The van der Waals surface area contributed by atoms with Crippen LogP contribution in [0.4, 0.5) is 0 Å². The summed E-state index contributed by atoms with van der Waals surface area (Å²) < 4.78 is 29.5. The number of aliphatic hydroxyl groups is 1. The van der Waals surface area contributed by atoms with Gasteiger partial charge in [-0.3, -0.25) is 0 Å². The summed E-state index contributed by atoms with van der Waals surface area (Å²) in [6, 6.07) is 0. The molecule has 0 fully saturated rings. The van der Waals surface area contributed by atoms with Crippen LogP contribution >= 0.6 is 0 Å². The standard InChI is InChI=1S/C8H19NO4S/c1-4-8(2,10)7-9-14(11,12)6-5-13-3/h9-10H,4-7H2,1-3H3. The maximum Gasteiger partial charge on any atom is 0.213 e. The number of rotatable bonds is 7. The molecule has 0 aliphatic rings. The Labute approximate surface area is 85.5 Å². The number of methoxy groups -OCH3 is 1. The van der Waals surface area contributed by atoms with Crippen LogP contribution in [0, 0.1) is 0 Å². The van der Waals surface area contributed by atoms with Gasteiger partial charge >= 0.3 is 0 Å². The summed E-state index contributed by atoms with van der Waals surface area (Å²) >= 11 is 0. The fraction of sp³-hybridized carbons (Fsp3) is 1.00. The molecule has 0 heterocycles. The van der Waals surface area contributed by atoms with Crippen LogP contribution in [-0.2, 0) is 14.8 Å². The van der Waals surface area contributed by atoms with Crippen LogP contribution in [0.2, 0.25) is 0 Å². The Balaban J connectivity index is 4.00. The van der Waals surface area contributed by atoms with Crippen molar-refractivity contribution < 1.29 is 18.3 Å². The molecule has 6 heteroatoms. The van der Waals surface area contributed by atoms with Gasteiger partial charge in [0.1, 0.15) is 0 Å². The second kappa shape index (κ2) is 5.65. The molecule has 0 spiro atoms. The average Bonchev–Trinajstić information content (AvgIpc) is 2.12. The van der Waals surface area contributed by atoms with E-state index in [0.717, 1.165) is 0 Å². The van der Waals surface area contributed by atoms with Crippen LogP contribution in [0.15, 0.2) is 0 Å². The fourth-order valence-electron chi connectivity index (χ4n) is 0.656. The highest BCUT2D eigenvalue weighted by Crippen LogP contribution is 2.06. The number of hydrogen-bond donors (Lipinski definition) is 2. The molecular formula is C8H19NO4S. The summed E-state index contributed by atoms with van der Waals surface area (Å²) in [5.41, 5.74) is -0.986. The van der Waals surface area contributed by atoms with Gasteiger partial charge in [0.2, 0.25) is 10.0 Å². The van der Waals surface area contributed by atoms with Gasteiger partial charge in [0.15, 0.2) is 0 Å². The normalized spacial score (nSPS) is 16.6. The molecule has 0 bridgehead atoms. The predicted octanol–water partition coefficient (Wildman–Crippen LogP) is -0.287. The third-order valence-electron chi connectivity index (χ3n) is 1.99. The third-order valence-corrected chi connectivity index (χ3v) is 3.28. The molecule has 2 N–H and O–H groups in total. The monoisotopic (exact) mass is 225 g/mol. The van der Waals surface area contributed by atoms with Gasteiger partial charge in [0.25, 0.3) is 0 Å². The molecule has 0 aromatic heterocycles. The van der Waals surface area contributed by atoms with Gasteiger partial charge in [-0.2, -0.15) is 0 Å². The third kappa shape index (κ3) is 6.31. The van der Waals surface area contributed by atoms with E-state index in [4.69, 9.17) is 0 Å². The van der Waals surface area contributed by atoms with E-state index in [1.807, 2.05) is 0 Å². The van der Waals surface area contributed by atoms with Crippen molar-refractivity contribution in [2.75, 3.05) is 26.0 Å². The zero-order chi connectivity index (χ0) is 11.2. The van der Waals surface area contributed by atoms with Crippen molar-refractivity contribution in [3.05, 3.63) is 0 Å². The minimum Gasteiger partial charge on any atom is -0.389 e. The lowest BCUT2D eigenvalue weighted by Crippen LogP contribution is -2.41. The number of ether oxygens (including phenoxy) is 1. The summed E-state index contributed by atoms with van der Waals surface area (Å²) in [6.45, 7) is 3.58. The topological polar surface area (TPSA) is 75.6 Å². The first kappa shape index (κ1) is 13.8. The summed E-state index contributed by atoms with van der Waals surface area (Å²) in [6.07, 6.45) is 0.500. The Morgan fingerprint density at radius 3 is 2.50 bits per heavy atom. The first-order chi connectivity index (χ1) is 6.33. The predicted molar refractivity (Wildman–Crippen MR) is 54.6 cm³/mol. The quantitative estimate of drug-likeness (QED) is 0.624. The Morgan fingerprint density at radius 2 is 2.07 bits per heavy atom. The smallest absolute Gasteiger partial charge is 0.213 e. The molecule has 14 heavy (non-hydrogen) atoms. The molecule has 0 saturated carbocycles. The molecule has 86 valence electrons. The zero-order valence-electron chi connectivity index (χ0n) is 8.91. The van der Waals surface area contributed by atoms with Gasteiger partial charge in [-0.1, -0.05) is 6.92 Å². The fourth-order valence-corrected chi connectivity index (χ4v) is 1.72. The first-order valence-electron chi connectivity index (χ1n) is 4.51. The summed E-state index contributed by atoms with van der Waals surface area (Å²) in [7, 11) is -1.88. The molecule has 0 rings (SSSR count). The summed E-state index contributed by atoms with van der Waals surface area (Å²) in [4.78, 5) is 0. The molecule has 0 amide bonds. The number of nitrogens with one attached hydrogen (secondary N) is 1. The maximum absolute atomic E-state index is 11.2. The van der Waals surface area contributed by atoms with Crippen LogP contribution in [0.1, 0.15) is 20.3 Å². The van der Waals surface area contributed by atoms with Crippen LogP contribution in [0.3, 0.4) is 0 Å². The van der Waals surface area contributed by atoms with Gasteiger partial charge in [0, 0.05) is 13.7 Å². The second-order valence-electron chi connectivity index (χ2n) is 3.48. The largest absolute Gasteiger partial charge is 0.389 e. The summed E-state index contributed by atoms with van der Waals surface area (Å²) in [5.74, 6) is -0.0801.